The second kappa shape index (κ2) is 5.90. The predicted octanol–water partition coefficient (Wildman–Crippen LogP) is 3.22. The molecule has 22 heavy (non-hydrogen) atoms. The van der Waals surface area contributed by atoms with Gasteiger partial charge in [0.1, 0.15) is 5.52 Å². The predicted molar refractivity (Wildman–Crippen MR) is 84.8 cm³/mol. The summed E-state index contributed by atoms with van der Waals surface area (Å²) in [6.07, 6.45) is 0. The summed E-state index contributed by atoms with van der Waals surface area (Å²) in [5, 5.41) is 14.7. The van der Waals surface area contributed by atoms with Crippen LogP contribution in [0.1, 0.15) is 10.8 Å². The molecule has 0 aliphatic rings. The van der Waals surface area contributed by atoms with E-state index in [1.807, 2.05) is 35.7 Å². The van der Waals surface area contributed by atoms with E-state index < -0.39 is 0 Å². The molecule has 0 spiro atoms. The summed E-state index contributed by atoms with van der Waals surface area (Å²) in [7, 11) is 0. The van der Waals surface area contributed by atoms with Gasteiger partial charge in [-0.1, -0.05) is 30.0 Å². The Bertz CT molecular complexity index is 851. The third-order valence-corrected chi connectivity index (χ3v) is 4.85. The van der Waals surface area contributed by atoms with Crippen LogP contribution in [0.3, 0.4) is 0 Å². The molecule has 0 fully saturated rings. The number of thioether (sulfide) groups is 1. The summed E-state index contributed by atoms with van der Waals surface area (Å²) < 4.78 is 7.50. The highest BCUT2D eigenvalue weighted by Crippen LogP contribution is 2.23. The highest BCUT2D eigenvalue weighted by molar-refractivity contribution is 7.98. The summed E-state index contributed by atoms with van der Waals surface area (Å²) in [6, 6.07) is 11.8. The zero-order valence-corrected chi connectivity index (χ0v) is 13.0. The average Bonchev–Trinajstić information content (AvgIpc) is 3.26. The summed E-state index contributed by atoms with van der Waals surface area (Å²) in [5.41, 5.74) is 1.67. The maximum absolute atomic E-state index is 5.70. The number of aromatic nitrogens is 5. The first-order valence-electron chi connectivity index (χ1n) is 6.64. The zero-order valence-electron chi connectivity index (χ0n) is 11.4. The van der Waals surface area contributed by atoms with Gasteiger partial charge in [-0.2, -0.15) is 0 Å². The van der Waals surface area contributed by atoms with Crippen LogP contribution in [-0.2, 0) is 12.3 Å². The Morgan fingerprint density at radius 2 is 2.14 bits per heavy atom. The molecule has 8 heteroatoms. The summed E-state index contributed by atoms with van der Waals surface area (Å²) in [5.74, 6) is 1.27. The molecule has 0 bridgehead atoms. The number of nitrogens with zero attached hydrogens (tertiary/aromatic N) is 5. The Morgan fingerprint density at radius 3 is 3.00 bits per heavy atom. The van der Waals surface area contributed by atoms with Gasteiger partial charge in [-0.25, -0.2) is 9.67 Å². The second-order valence-corrected chi connectivity index (χ2v) is 6.54. The van der Waals surface area contributed by atoms with Crippen molar-refractivity contribution in [1.82, 2.24) is 25.2 Å². The molecule has 3 aromatic heterocycles. The largest absolute Gasteiger partial charge is 0.440 e. The minimum atomic E-state index is 0.597. The molecular weight excluding hydrogens is 318 g/mol. The van der Waals surface area contributed by atoms with Gasteiger partial charge in [0.25, 0.3) is 0 Å². The quantitative estimate of drug-likeness (QED) is 0.524. The van der Waals surface area contributed by atoms with Crippen molar-refractivity contribution in [2.24, 2.45) is 0 Å². The minimum absolute atomic E-state index is 0.597. The molecule has 1 aromatic carbocycles. The maximum Gasteiger partial charge on any atom is 0.210 e. The van der Waals surface area contributed by atoms with E-state index in [2.05, 4.69) is 26.6 Å². The summed E-state index contributed by atoms with van der Waals surface area (Å²) in [4.78, 5) is 5.67. The molecular formula is C14H11N5OS2. The van der Waals surface area contributed by atoms with E-state index >= 15 is 0 Å². The van der Waals surface area contributed by atoms with E-state index in [4.69, 9.17) is 4.42 Å². The molecule has 0 atom stereocenters. The Morgan fingerprint density at radius 1 is 1.18 bits per heavy atom. The molecule has 4 rings (SSSR count). The molecule has 0 saturated heterocycles. The van der Waals surface area contributed by atoms with Crippen LogP contribution in [-0.4, -0.2) is 25.2 Å². The molecule has 0 N–H and O–H groups in total. The molecule has 0 unspecified atom stereocenters. The highest BCUT2D eigenvalue weighted by Gasteiger charge is 2.11. The van der Waals surface area contributed by atoms with Crippen molar-refractivity contribution in [2.45, 2.75) is 17.5 Å². The molecule has 0 aliphatic carbocycles. The smallest absolute Gasteiger partial charge is 0.210 e. The van der Waals surface area contributed by atoms with Gasteiger partial charge < -0.3 is 4.42 Å². The van der Waals surface area contributed by atoms with E-state index in [0.717, 1.165) is 16.3 Å². The lowest BCUT2D eigenvalue weighted by Crippen LogP contribution is -2.02. The van der Waals surface area contributed by atoms with Crippen LogP contribution < -0.4 is 0 Å². The van der Waals surface area contributed by atoms with Crippen molar-refractivity contribution >= 4 is 34.2 Å². The summed E-state index contributed by atoms with van der Waals surface area (Å²) >= 11 is 3.21. The van der Waals surface area contributed by atoms with Crippen LogP contribution in [0.2, 0.25) is 0 Å². The monoisotopic (exact) mass is 329 g/mol. The first kappa shape index (κ1) is 13.5. The van der Waals surface area contributed by atoms with Gasteiger partial charge in [0.2, 0.25) is 11.0 Å². The lowest BCUT2D eigenvalue weighted by molar-refractivity contribution is 0.555. The lowest BCUT2D eigenvalue weighted by atomic mass is 10.3. The van der Waals surface area contributed by atoms with Gasteiger partial charge in [0, 0.05) is 4.88 Å². The van der Waals surface area contributed by atoms with Gasteiger partial charge in [-0.3, -0.25) is 0 Å². The fourth-order valence-corrected chi connectivity index (χ4v) is 3.46. The Labute approximate surface area is 134 Å². The second-order valence-electron chi connectivity index (χ2n) is 4.56. The Balaban J connectivity index is 1.48. The first-order valence-corrected chi connectivity index (χ1v) is 8.51. The third kappa shape index (κ3) is 2.75. The number of thiophene rings is 1. The first-order chi connectivity index (χ1) is 10.9. The molecule has 4 aromatic rings. The van der Waals surface area contributed by atoms with E-state index in [-0.39, 0.29) is 0 Å². The van der Waals surface area contributed by atoms with Crippen molar-refractivity contribution in [1.29, 1.82) is 0 Å². The van der Waals surface area contributed by atoms with Crippen LogP contribution >= 0.6 is 23.1 Å². The van der Waals surface area contributed by atoms with Crippen molar-refractivity contribution in [2.75, 3.05) is 0 Å². The van der Waals surface area contributed by atoms with E-state index in [9.17, 15) is 0 Å². The van der Waals surface area contributed by atoms with Crippen molar-refractivity contribution in [3.8, 4) is 0 Å². The molecule has 0 saturated carbocycles. The number of oxazole rings is 1. The highest BCUT2D eigenvalue weighted by atomic mass is 32.2. The van der Waals surface area contributed by atoms with Gasteiger partial charge in [-0.05, 0) is 34.0 Å². The number of hydrogen-bond acceptors (Lipinski definition) is 7. The van der Waals surface area contributed by atoms with Crippen LogP contribution in [0, 0.1) is 0 Å². The van der Waals surface area contributed by atoms with E-state index in [0.29, 0.717) is 18.2 Å². The van der Waals surface area contributed by atoms with Crippen LogP contribution in [0.5, 0.6) is 0 Å². The van der Waals surface area contributed by atoms with Crippen LogP contribution in [0.4, 0.5) is 0 Å². The van der Waals surface area contributed by atoms with E-state index in [1.54, 1.807) is 16.0 Å². The topological polar surface area (TPSA) is 69.6 Å². The van der Waals surface area contributed by atoms with E-state index in [1.165, 1.54) is 16.6 Å². The van der Waals surface area contributed by atoms with Gasteiger partial charge in [-0.15, -0.1) is 16.4 Å². The Kier molecular flexibility index (Phi) is 3.61. The minimum Gasteiger partial charge on any atom is -0.440 e. The fraction of sp³-hybridized carbons (Fsp3) is 0.143. The van der Waals surface area contributed by atoms with Crippen molar-refractivity contribution < 1.29 is 4.42 Å². The SMILES string of the molecule is c1csc(Cn2nnnc2SCc2nc3ccccc3o2)c1. The molecule has 0 aliphatic heterocycles. The van der Waals surface area contributed by atoms with Gasteiger partial charge >= 0.3 is 0 Å². The van der Waals surface area contributed by atoms with Crippen molar-refractivity contribution in [3.63, 3.8) is 0 Å². The van der Waals surface area contributed by atoms with Crippen LogP contribution in [0.25, 0.3) is 11.1 Å². The lowest BCUT2D eigenvalue weighted by Gasteiger charge is -2.01. The molecule has 0 radical (unpaired) electrons. The van der Waals surface area contributed by atoms with Gasteiger partial charge in [0.15, 0.2) is 5.58 Å². The van der Waals surface area contributed by atoms with Crippen molar-refractivity contribution in [3.05, 3.63) is 52.5 Å². The molecule has 3 heterocycles. The number of para-hydroxylation sites is 2. The maximum atomic E-state index is 5.70. The standard InChI is InChI=1S/C14H11N5OS2/c1-2-6-12-11(5-1)15-13(20-12)9-22-14-16-17-18-19(14)8-10-4-3-7-21-10/h1-7H,8-9H2. The van der Waals surface area contributed by atoms with Gasteiger partial charge in [0.05, 0.1) is 12.3 Å². The molecule has 0 amide bonds. The summed E-state index contributed by atoms with van der Waals surface area (Å²) in [6.45, 7) is 0.681. The van der Waals surface area contributed by atoms with Crippen LogP contribution in [0.15, 0.2) is 51.4 Å². The number of fused-ring (bicyclic) bond motifs is 1. The number of hydrogen-bond donors (Lipinski definition) is 0. The number of tetrazole rings is 1. The average molecular weight is 329 g/mol. The fourth-order valence-electron chi connectivity index (χ4n) is 2.06. The zero-order chi connectivity index (χ0) is 14.8. The number of rotatable bonds is 5. The molecule has 110 valence electrons. The third-order valence-electron chi connectivity index (χ3n) is 3.05. The normalized spacial score (nSPS) is 11.3. The molecule has 6 nitrogen and oxygen atoms in total. The number of benzene rings is 1. The Hall–Kier alpha value is -2.19.